The minimum Gasteiger partial charge on any atom is -0.481 e. The molecule has 2 amide bonds. The molecule has 0 radical (unpaired) electrons. The van der Waals surface area contributed by atoms with Gasteiger partial charge >= 0.3 is 18.2 Å². The van der Waals surface area contributed by atoms with Crippen molar-refractivity contribution in [2.24, 2.45) is 11.8 Å². The molecule has 0 unspecified atom stereocenters. The van der Waals surface area contributed by atoms with Gasteiger partial charge in [0, 0.05) is 24.3 Å². The summed E-state index contributed by atoms with van der Waals surface area (Å²) < 4.78 is 44.4. The Balaban J connectivity index is 1.73. The predicted molar refractivity (Wildman–Crippen MR) is 87.9 cm³/mol. The van der Waals surface area contributed by atoms with Gasteiger partial charge in [-0.25, -0.2) is 9.78 Å². The number of carbonyl (C=O) groups is 2. The molecule has 1 aliphatic heterocycles. The third-order valence-corrected chi connectivity index (χ3v) is 4.32. The molecule has 1 aromatic carbocycles. The molecule has 10 heteroatoms. The summed E-state index contributed by atoms with van der Waals surface area (Å²) in [6, 6.07) is 5.66. The van der Waals surface area contributed by atoms with Crippen molar-refractivity contribution >= 4 is 17.7 Å². The molecular weight excluding hydrogens is 367 g/mol. The maximum atomic E-state index is 13.0. The standard InChI is InChI=1S/C17H16F3N3O4/c1-9-8-27-14(21-9)10-3-2-4-11(5-10)22-16(26)23-6-12(15(24)25)13(7-23)17(18,19)20/h2-5,8,12-13H,6-7H2,1H3,(H,22,26)(H,24,25)/t12-,13-/m1/s1. The fourth-order valence-corrected chi connectivity index (χ4v) is 2.97. The van der Waals surface area contributed by atoms with Crippen LogP contribution in [0.2, 0.25) is 0 Å². The van der Waals surface area contributed by atoms with Crippen molar-refractivity contribution in [2.45, 2.75) is 13.1 Å². The molecule has 1 saturated heterocycles. The van der Waals surface area contributed by atoms with E-state index < -0.39 is 43.1 Å². The Bertz CT molecular complexity index is 865. The van der Waals surface area contributed by atoms with Gasteiger partial charge in [-0.2, -0.15) is 13.2 Å². The first-order chi connectivity index (χ1) is 12.6. The average molecular weight is 383 g/mol. The number of anilines is 1. The lowest BCUT2D eigenvalue weighted by molar-refractivity contribution is -0.187. The molecule has 27 heavy (non-hydrogen) atoms. The molecule has 1 aromatic heterocycles. The highest BCUT2D eigenvalue weighted by molar-refractivity contribution is 5.90. The molecule has 2 N–H and O–H groups in total. The third kappa shape index (κ3) is 4.04. The zero-order valence-electron chi connectivity index (χ0n) is 14.2. The van der Waals surface area contributed by atoms with Crippen LogP contribution in [-0.2, 0) is 4.79 Å². The molecule has 7 nitrogen and oxygen atoms in total. The van der Waals surface area contributed by atoms with E-state index >= 15 is 0 Å². The van der Waals surface area contributed by atoms with Gasteiger partial charge in [0.05, 0.1) is 17.5 Å². The van der Waals surface area contributed by atoms with Crippen LogP contribution in [0.25, 0.3) is 11.5 Å². The molecule has 0 aliphatic carbocycles. The summed E-state index contributed by atoms with van der Waals surface area (Å²) >= 11 is 0. The molecule has 2 heterocycles. The van der Waals surface area contributed by atoms with Crippen molar-refractivity contribution < 1.29 is 32.3 Å². The number of carbonyl (C=O) groups excluding carboxylic acids is 1. The summed E-state index contributed by atoms with van der Waals surface area (Å²) in [6.45, 7) is 0.539. The van der Waals surface area contributed by atoms with Crippen LogP contribution in [0.1, 0.15) is 5.69 Å². The number of aliphatic carboxylic acids is 1. The summed E-state index contributed by atoms with van der Waals surface area (Å²) in [7, 11) is 0. The van der Waals surface area contributed by atoms with Gasteiger partial charge in [-0.1, -0.05) is 6.07 Å². The van der Waals surface area contributed by atoms with E-state index in [1.165, 1.54) is 6.26 Å². The maximum absolute atomic E-state index is 13.0. The highest BCUT2D eigenvalue weighted by Crippen LogP contribution is 2.38. The number of nitrogens with one attached hydrogen (secondary N) is 1. The van der Waals surface area contributed by atoms with Crippen molar-refractivity contribution in [1.29, 1.82) is 0 Å². The van der Waals surface area contributed by atoms with Crippen LogP contribution in [0.5, 0.6) is 0 Å². The average Bonchev–Trinajstić information content (AvgIpc) is 3.21. The first-order valence-electron chi connectivity index (χ1n) is 8.03. The van der Waals surface area contributed by atoms with Crippen molar-refractivity contribution in [3.05, 3.63) is 36.2 Å². The number of benzene rings is 1. The Hall–Kier alpha value is -3.04. The van der Waals surface area contributed by atoms with Crippen LogP contribution in [0.15, 0.2) is 34.9 Å². The van der Waals surface area contributed by atoms with Gasteiger partial charge in [0.2, 0.25) is 5.89 Å². The van der Waals surface area contributed by atoms with E-state index in [0.717, 1.165) is 4.90 Å². The summed E-state index contributed by atoms with van der Waals surface area (Å²) in [5.74, 6) is -5.01. The van der Waals surface area contributed by atoms with Crippen LogP contribution in [0, 0.1) is 18.8 Å². The lowest BCUT2D eigenvalue weighted by Gasteiger charge is -2.18. The molecule has 3 rings (SSSR count). The Morgan fingerprint density at radius 3 is 2.63 bits per heavy atom. The van der Waals surface area contributed by atoms with E-state index in [2.05, 4.69) is 10.3 Å². The first-order valence-corrected chi connectivity index (χ1v) is 8.03. The number of urea groups is 1. The number of alkyl halides is 3. The summed E-state index contributed by atoms with van der Waals surface area (Å²) in [5.41, 5.74) is 1.59. The van der Waals surface area contributed by atoms with Crippen LogP contribution < -0.4 is 5.32 Å². The van der Waals surface area contributed by atoms with Gasteiger partial charge < -0.3 is 19.7 Å². The van der Waals surface area contributed by atoms with Gasteiger partial charge in [0.25, 0.3) is 0 Å². The maximum Gasteiger partial charge on any atom is 0.394 e. The lowest BCUT2D eigenvalue weighted by atomic mass is 9.96. The van der Waals surface area contributed by atoms with E-state index in [4.69, 9.17) is 9.52 Å². The van der Waals surface area contributed by atoms with E-state index in [-0.39, 0.29) is 0 Å². The number of carboxylic acid groups (broad SMARTS) is 1. The molecule has 0 bridgehead atoms. The number of amides is 2. The van der Waals surface area contributed by atoms with Crippen molar-refractivity contribution in [3.63, 3.8) is 0 Å². The predicted octanol–water partition coefficient (Wildman–Crippen LogP) is 3.38. The largest absolute Gasteiger partial charge is 0.481 e. The smallest absolute Gasteiger partial charge is 0.394 e. The summed E-state index contributed by atoms with van der Waals surface area (Å²) in [4.78, 5) is 28.5. The zero-order valence-corrected chi connectivity index (χ0v) is 14.2. The first kappa shape index (κ1) is 18.7. The molecule has 1 aliphatic rings. The number of rotatable bonds is 3. The minimum atomic E-state index is -4.69. The number of aryl methyl sites for hydroxylation is 1. The highest BCUT2D eigenvalue weighted by atomic mass is 19.4. The number of hydrogen-bond acceptors (Lipinski definition) is 4. The topological polar surface area (TPSA) is 95.7 Å². The molecule has 2 atom stereocenters. The van der Waals surface area contributed by atoms with E-state index in [1.807, 2.05) is 0 Å². The molecule has 2 aromatic rings. The third-order valence-electron chi connectivity index (χ3n) is 4.32. The number of hydrogen-bond donors (Lipinski definition) is 2. The fourth-order valence-electron chi connectivity index (χ4n) is 2.97. The summed E-state index contributed by atoms with van der Waals surface area (Å²) in [6.07, 6.45) is -3.23. The number of aromatic nitrogens is 1. The lowest BCUT2D eigenvalue weighted by Crippen LogP contribution is -2.35. The molecule has 0 spiro atoms. The van der Waals surface area contributed by atoms with Crippen LogP contribution in [0.4, 0.5) is 23.7 Å². The van der Waals surface area contributed by atoms with E-state index in [1.54, 1.807) is 31.2 Å². The number of halogens is 3. The van der Waals surface area contributed by atoms with E-state index in [0.29, 0.717) is 22.8 Å². The molecule has 1 fully saturated rings. The van der Waals surface area contributed by atoms with Gasteiger partial charge in [-0.05, 0) is 25.1 Å². The minimum absolute atomic E-state index is 0.329. The van der Waals surface area contributed by atoms with Crippen LogP contribution >= 0.6 is 0 Å². The van der Waals surface area contributed by atoms with E-state index in [9.17, 15) is 22.8 Å². The number of carboxylic acids is 1. The van der Waals surface area contributed by atoms with Gasteiger partial charge in [0.15, 0.2) is 0 Å². The quantitative estimate of drug-likeness (QED) is 0.847. The van der Waals surface area contributed by atoms with Crippen molar-refractivity contribution in [1.82, 2.24) is 9.88 Å². The number of oxazole rings is 1. The van der Waals surface area contributed by atoms with Gasteiger partial charge in [-0.3, -0.25) is 4.79 Å². The molecular formula is C17H16F3N3O4. The highest BCUT2D eigenvalue weighted by Gasteiger charge is 2.53. The Kier molecular flexibility index (Phi) is 4.81. The second kappa shape index (κ2) is 6.93. The summed E-state index contributed by atoms with van der Waals surface area (Å²) in [5, 5.41) is 11.5. The van der Waals surface area contributed by atoms with Crippen LogP contribution in [0.3, 0.4) is 0 Å². The monoisotopic (exact) mass is 383 g/mol. The van der Waals surface area contributed by atoms with Crippen molar-refractivity contribution in [3.8, 4) is 11.5 Å². The Labute approximate surface area is 151 Å². The number of likely N-dealkylation sites (tertiary alicyclic amines) is 1. The Morgan fingerprint density at radius 2 is 2.07 bits per heavy atom. The van der Waals surface area contributed by atoms with Crippen molar-refractivity contribution in [2.75, 3.05) is 18.4 Å². The zero-order chi connectivity index (χ0) is 19.8. The number of nitrogens with zero attached hydrogens (tertiary/aromatic N) is 2. The second-order valence-corrected chi connectivity index (χ2v) is 6.30. The van der Waals surface area contributed by atoms with Crippen LogP contribution in [-0.4, -0.2) is 46.3 Å². The fraction of sp³-hybridized carbons (Fsp3) is 0.353. The van der Waals surface area contributed by atoms with Gasteiger partial charge in [0.1, 0.15) is 6.26 Å². The Morgan fingerprint density at radius 1 is 1.33 bits per heavy atom. The SMILES string of the molecule is Cc1coc(-c2cccc(NC(=O)N3C[C@@H](C(F)(F)F)[C@H](C(=O)O)C3)c2)n1. The normalized spacial score (nSPS) is 19.9. The molecule has 0 saturated carbocycles. The van der Waals surface area contributed by atoms with Gasteiger partial charge in [-0.15, -0.1) is 0 Å². The second-order valence-electron chi connectivity index (χ2n) is 6.30. The molecule has 144 valence electrons.